The fraction of sp³-hybridized carbons (Fsp3) is 0.538. The van der Waals surface area contributed by atoms with E-state index in [1.807, 2.05) is 0 Å². The van der Waals surface area contributed by atoms with Crippen LogP contribution < -0.4 is 5.32 Å². The largest absolute Gasteiger partial charge is 0.508 e. The van der Waals surface area contributed by atoms with Crippen LogP contribution in [0.3, 0.4) is 0 Å². The van der Waals surface area contributed by atoms with E-state index in [9.17, 15) is 13.9 Å². The Morgan fingerprint density at radius 3 is 2.40 bits per heavy atom. The molecule has 1 aliphatic heterocycles. The number of rotatable bonds is 4. The molecule has 1 aliphatic rings. The number of phenolic OH excluding ortho intramolecular Hbond substituents is 1. The van der Waals surface area contributed by atoms with Crippen LogP contribution in [-0.2, 0) is 0 Å². The summed E-state index contributed by atoms with van der Waals surface area (Å²) in [7, 11) is 0. The summed E-state index contributed by atoms with van der Waals surface area (Å²) < 4.78 is 28.1. The summed E-state index contributed by atoms with van der Waals surface area (Å²) >= 11 is 0. The Morgan fingerprint density at radius 2 is 1.85 bits per heavy atom. The minimum Gasteiger partial charge on any atom is -0.508 e. The van der Waals surface area contributed by atoms with Gasteiger partial charge in [0.05, 0.1) is 0 Å². The third-order valence-electron chi connectivity index (χ3n) is 3.36. The number of para-hydroxylation sites is 1. The first kappa shape index (κ1) is 17.1. The molecule has 3 N–H and O–H groups in total. The topological polar surface area (TPSA) is 55.7 Å². The Kier molecular flexibility index (Phi) is 6.13. The second-order valence-corrected chi connectivity index (χ2v) is 4.67. The third kappa shape index (κ3) is 3.58. The Morgan fingerprint density at radius 1 is 1.25 bits per heavy atom. The fourth-order valence-electron chi connectivity index (χ4n) is 2.44. The summed E-state index contributed by atoms with van der Waals surface area (Å²) in [6.07, 6.45) is 0. The molecule has 1 fully saturated rings. The molecule has 0 aromatic heterocycles. The zero-order chi connectivity index (χ0) is 13.9. The Bertz CT molecular complexity index is 429. The van der Waals surface area contributed by atoms with Gasteiger partial charge in [0.2, 0.25) is 0 Å². The molecule has 1 aromatic carbocycles. The van der Waals surface area contributed by atoms with E-state index in [0.29, 0.717) is 26.2 Å². The van der Waals surface area contributed by atoms with Crippen LogP contribution >= 0.6 is 12.4 Å². The van der Waals surface area contributed by atoms with Crippen LogP contribution in [0.15, 0.2) is 24.3 Å². The van der Waals surface area contributed by atoms with Gasteiger partial charge in [0, 0.05) is 31.7 Å². The summed E-state index contributed by atoms with van der Waals surface area (Å²) in [5, 5.41) is 21.9. The highest BCUT2D eigenvalue weighted by atomic mass is 35.5. The van der Waals surface area contributed by atoms with Crippen LogP contribution in [0, 0.1) is 0 Å². The van der Waals surface area contributed by atoms with E-state index in [4.69, 9.17) is 5.11 Å². The average Bonchev–Trinajstić information content (AvgIpc) is 2.42. The highest BCUT2D eigenvalue weighted by Crippen LogP contribution is 2.39. The van der Waals surface area contributed by atoms with Crippen molar-refractivity contribution in [2.45, 2.75) is 12.0 Å². The van der Waals surface area contributed by atoms with Gasteiger partial charge in [0.25, 0.3) is 5.92 Å². The van der Waals surface area contributed by atoms with Crippen molar-refractivity contribution >= 4 is 12.4 Å². The van der Waals surface area contributed by atoms with Gasteiger partial charge in [0.15, 0.2) is 0 Å². The molecule has 0 aliphatic carbocycles. The summed E-state index contributed by atoms with van der Waals surface area (Å²) in [4.78, 5) is 1.60. The van der Waals surface area contributed by atoms with Crippen molar-refractivity contribution < 1.29 is 19.0 Å². The van der Waals surface area contributed by atoms with Crippen LogP contribution in [-0.4, -0.2) is 53.8 Å². The quantitative estimate of drug-likeness (QED) is 0.787. The standard InChI is InChI=1S/C13H18F2N2O2.ClH/c14-13(15,9-18)12(17-7-5-16-6-8-17)10-3-1-2-4-11(10)19;/h1-4,12,16,18-19H,5-9H2;1H/t12-;/m1./s1. The molecule has 114 valence electrons. The molecule has 0 amide bonds. The number of aliphatic hydroxyl groups is 1. The van der Waals surface area contributed by atoms with Gasteiger partial charge >= 0.3 is 0 Å². The summed E-state index contributed by atoms with van der Waals surface area (Å²) in [6, 6.07) is 4.76. The Balaban J connectivity index is 0.00000200. The molecule has 0 radical (unpaired) electrons. The maximum absolute atomic E-state index is 14.0. The summed E-state index contributed by atoms with van der Waals surface area (Å²) in [5.41, 5.74) is 0.156. The molecule has 1 saturated heterocycles. The lowest BCUT2D eigenvalue weighted by Gasteiger charge is -2.38. The van der Waals surface area contributed by atoms with E-state index in [1.54, 1.807) is 17.0 Å². The molecule has 2 rings (SSSR count). The summed E-state index contributed by atoms with van der Waals surface area (Å²) in [6.45, 7) is 0.899. The Labute approximate surface area is 122 Å². The number of piperazine rings is 1. The lowest BCUT2D eigenvalue weighted by Crippen LogP contribution is -2.51. The van der Waals surface area contributed by atoms with E-state index >= 15 is 0 Å². The molecule has 0 unspecified atom stereocenters. The molecule has 20 heavy (non-hydrogen) atoms. The first-order chi connectivity index (χ1) is 9.06. The smallest absolute Gasteiger partial charge is 0.290 e. The van der Waals surface area contributed by atoms with Crippen LogP contribution in [0.25, 0.3) is 0 Å². The van der Waals surface area contributed by atoms with Gasteiger partial charge in [-0.25, -0.2) is 8.78 Å². The van der Waals surface area contributed by atoms with Crippen molar-refractivity contribution in [1.29, 1.82) is 0 Å². The SMILES string of the molecule is Cl.OCC(F)(F)[C@@H](c1ccccc1O)N1CCNCC1. The van der Waals surface area contributed by atoms with Crippen molar-refractivity contribution in [2.24, 2.45) is 0 Å². The third-order valence-corrected chi connectivity index (χ3v) is 3.36. The lowest BCUT2D eigenvalue weighted by atomic mass is 9.97. The van der Waals surface area contributed by atoms with Crippen molar-refractivity contribution in [3.63, 3.8) is 0 Å². The number of aromatic hydroxyl groups is 1. The monoisotopic (exact) mass is 308 g/mol. The second kappa shape index (κ2) is 7.17. The van der Waals surface area contributed by atoms with Crippen molar-refractivity contribution in [3.8, 4) is 5.75 Å². The normalized spacial score (nSPS) is 18.4. The van der Waals surface area contributed by atoms with Gasteiger partial charge in [-0.2, -0.15) is 0 Å². The van der Waals surface area contributed by atoms with Gasteiger partial charge in [-0.3, -0.25) is 4.90 Å². The van der Waals surface area contributed by atoms with E-state index in [2.05, 4.69) is 5.32 Å². The first-order valence-corrected chi connectivity index (χ1v) is 6.27. The van der Waals surface area contributed by atoms with E-state index in [1.165, 1.54) is 12.1 Å². The second-order valence-electron chi connectivity index (χ2n) is 4.67. The van der Waals surface area contributed by atoms with Crippen molar-refractivity contribution in [3.05, 3.63) is 29.8 Å². The number of hydrogen-bond acceptors (Lipinski definition) is 4. The molecule has 0 saturated carbocycles. The molecular weight excluding hydrogens is 290 g/mol. The number of alkyl halides is 2. The van der Waals surface area contributed by atoms with Crippen LogP contribution in [0.1, 0.15) is 11.6 Å². The van der Waals surface area contributed by atoms with Gasteiger partial charge in [0.1, 0.15) is 18.4 Å². The molecule has 4 nitrogen and oxygen atoms in total. The predicted molar refractivity (Wildman–Crippen MR) is 74.6 cm³/mol. The highest BCUT2D eigenvalue weighted by molar-refractivity contribution is 5.85. The molecule has 0 spiro atoms. The minimum absolute atomic E-state index is 0. The minimum atomic E-state index is -3.30. The van der Waals surface area contributed by atoms with Gasteiger partial charge < -0.3 is 15.5 Å². The number of benzene rings is 1. The molecular formula is C13H19ClF2N2O2. The van der Waals surface area contributed by atoms with Gasteiger partial charge in [-0.05, 0) is 6.07 Å². The number of nitrogens with zero attached hydrogens (tertiary/aromatic N) is 1. The highest BCUT2D eigenvalue weighted by Gasteiger charge is 2.45. The van der Waals surface area contributed by atoms with Gasteiger partial charge in [-0.1, -0.05) is 18.2 Å². The molecule has 1 atom stereocenters. The molecule has 1 heterocycles. The molecule has 0 bridgehead atoms. The van der Waals surface area contributed by atoms with Crippen molar-refractivity contribution in [2.75, 3.05) is 32.8 Å². The number of aliphatic hydroxyl groups excluding tert-OH is 1. The number of halogens is 3. The summed E-state index contributed by atoms with van der Waals surface area (Å²) in [5.74, 6) is -3.46. The van der Waals surface area contributed by atoms with Gasteiger partial charge in [-0.15, -0.1) is 12.4 Å². The fourth-order valence-corrected chi connectivity index (χ4v) is 2.44. The Hall–Kier alpha value is -0.950. The van der Waals surface area contributed by atoms with E-state index in [0.717, 1.165) is 0 Å². The van der Waals surface area contributed by atoms with Crippen LogP contribution in [0.4, 0.5) is 8.78 Å². The zero-order valence-corrected chi connectivity index (χ0v) is 11.7. The van der Waals surface area contributed by atoms with Crippen LogP contribution in [0.5, 0.6) is 5.75 Å². The average molecular weight is 309 g/mol. The number of hydrogen-bond donors (Lipinski definition) is 3. The van der Waals surface area contributed by atoms with Crippen LogP contribution in [0.2, 0.25) is 0 Å². The maximum atomic E-state index is 14.0. The van der Waals surface area contributed by atoms with Crippen molar-refractivity contribution in [1.82, 2.24) is 10.2 Å². The zero-order valence-electron chi connectivity index (χ0n) is 10.9. The lowest BCUT2D eigenvalue weighted by molar-refractivity contribution is -0.119. The van der Waals surface area contributed by atoms with E-state index < -0.39 is 18.6 Å². The maximum Gasteiger partial charge on any atom is 0.290 e. The molecule has 1 aromatic rings. The number of nitrogens with one attached hydrogen (secondary N) is 1. The number of phenols is 1. The molecule has 7 heteroatoms. The van der Waals surface area contributed by atoms with E-state index in [-0.39, 0.29) is 23.7 Å². The first-order valence-electron chi connectivity index (χ1n) is 6.27. The predicted octanol–water partition coefficient (Wildman–Crippen LogP) is 1.39.